The largest absolute Gasteiger partial charge is 0.491 e. The first kappa shape index (κ1) is 17.7. The Morgan fingerprint density at radius 1 is 1.37 bits per heavy atom. The fourth-order valence-corrected chi connectivity index (χ4v) is 1.56. The normalized spacial score (nSPS) is 9.89. The molecule has 108 valence electrons. The molecule has 0 aliphatic carbocycles. The first-order chi connectivity index (χ1) is 8.63. The molecular formula is C14H23ClN2O2. The molecule has 5 heteroatoms. The van der Waals surface area contributed by atoms with Gasteiger partial charge >= 0.3 is 0 Å². The van der Waals surface area contributed by atoms with Crippen LogP contribution < -0.4 is 15.8 Å². The molecule has 0 aromatic heterocycles. The molecule has 0 unspecified atom stereocenters. The number of amides is 1. The van der Waals surface area contributed by atoms with E-state index in [1.165, 1.54) is 0 Å². The molecule has 19 heavy (non-hydrogen) atoms. The SMILES string of the molecule is CC(C)Oc1ccccc1CNC(=O)CCCN.Cl. The van der Waals surface area contributed by atoms with E-state index in [9.17, 15) is 4.79 Å². The smallest absolute Gasteiger partial charge is 0.220 e. The van der Waals surface area contributed by atoms with Gasteiger partial charge in [0.25, 0.3) is 0 Å². The fraction of sp³-hybridized carbons (Fsp3) is 0.500. The molecule has 0 atom stereocenters. The second-order valence-electron chi connectivity index (χ2n) is 4.44. The highest BCUT2D eigenvalue weighted by molar-refractivity contribution is 5.85. The quantitative estimate of drug-likeness (QED) is 0.808. The Kier molecular flexibility index (Phi) is 9.00. The van der Waals surface area contributed by atoms with Crippen molar-refractivity contribution in [3.05, 3.63) is 29.8 Å². The number of hydrogen-bond donors (Lipinski definition) is 2. The predicted octanol–water partition coefficient (Wildman–Crippen LogP) is 2.25. The molecule has 0 spiro atoms. The number of benzene rings is 1. The van der Waals surface area contributed by atoms with E-state index in [1.54, 1.807) is 0 Å². The summed E-state index contributed by atoms with van der Waals surface area (Å²) in [6.07, 6.45) is 1.32. The van der Waals surface area contributed by atoms with Crippen molar-refractivity contribution in [3.63, 3.8) is 0 Å². The predicted molar refractivity (Wildman–Crippen MR) is 79.6 cm³/mol. The molecule has 4 nitrogen and oxygen atoms in total. The fourth-order valence-electron chi connectivity index (χ4n) is 1.56. The zero-order chi connectivity index (χ0) is 13.4. The lowest BCUT2D eigenvalue weighted by Crippen LogP contribution is -2.23. The number of halogens is 1. The summed E-state index contributed by atoms with van der Waals surface area (Å²) in [5.41, 5.74) is 6.36. The maximum Gasteiger partial charge on any atom is 0.220 e. The lowest BCUT2D eigenvalue weighted by Gasteiger charge is -2.14. The summed E-state index contributed by atoms with van der Waals surface area (Å²) < 4.78 is 5.69. The Balaban J connectivity index is 0.00000324. The van der Waals surface area contributed by atoms with Crippen LogP contribution in [0.25, 0.3) is 0 Å². The van der Waals surface area contributed by atoms with Crippen LogP contribution in [-0.2, 0) is 11.3 Å². The number of rotatable bonds is 7. The molecule has 1 rings (SSSR count). The third-order valence-electron chi connectivity index (χ3n) is 2.42. The summed E-state index contributed by atoms with van der Waals surface area (Å²) in [4.78, 5) is 11.5. The molecule has 1 amide bonds. The zero-order valence-electron chi connectivity index (χ0n) is 11.5. The lowest BCUT2D eigenvalue weighted by atomic mass is 10.2. The highest BCUT2D eigenvalue weighted by Gasteiger charge is 2.06. The summed E-state index contributed by atoms with van der Waals surface area (Å²) in [6.45, 7) is 5.00. The third kappa shape index (κ3) is 7.03. The number of carbonyl (C=O) groups excluding carboxylic acids is 1. The molecule has 1 aromatic carbocycles. The average Bonchev–Trinajstić information content (AvgIpc) is 2.34. The molecule has 0 saturated carbocycles. The van der Waals surface area contributed by atoms with Gasteiger partial charge in [0, 0.05) is 18.5 Å². The molecule has 0 heterocycles. The Labute approximate surface area is 121 Å². The minimum Gasteiger partial charge on any atom is -0.491 e. The third-order valence-corrected chi connectivity index (χ3v) is 2.42. The van der Waals surface area contributed by atoms with Crippen LogP contribution in [0.2, 0.25) is 0 Å². The van der Waals surface area contributed by atoms with Gasteiger partial charge in [-0.2, -0.15) is 0 Å². The van der Waals surface area contributed by atoms with Crippen LogP contribution in [0.4, 0.5) is 0 Å². The van der Waals surface area contributed by atoms with Crippen LogP contribution in [-0.4, -0.2) is 18.6 Å². The topological polar surface area (TPSA) is 64.3 Å². The molecule has 0 saturated heterocycles. The van der Waals surface area contributed by atoms with Crippen LogP contribution >= 0.6 is 12.4 Å². The minimum absolute atomic E-state index is 0. The molecule has 1 aromatic rings. The van der Waals surface area contributed by atoms with E-state index in [4.69, 9.17) is 10.5 Å². The summed E-state index contributed by atoms with van der Waals surface area (Å²) in [5.74, 6) is 0.853. The van der Waals surface area contributed by atoms with Crippen molar-refractivity contribution in [2.75, 3.05) is 6.54 Å². The number of carbonyl (C=O) groups is 1. The molecule has 0 aliphatic heterocycles. The molecule has 0 fully saturated rings. The Morgan fingerprint density at radius 2 is 2.05 bits per heavy atom. The van der Waals surface area contributed by atoms with Crippen molar-refractivity contribution < 1.29 is 9.53 Å². The van der Waals surface area contributed by atoms with Crippen molar-refractivity contribution in [3.8, 4) is 5.75 Å². The van der Waals surface area contributed by atoms with Crippen molar-refractivity contribution in [1.29, 1.82) is 0 Å². The monoisotopic (exact) mass is 286 g/mol. The number of hydrogen-bond acceptors (Lipinski definition) is 3. The standard InChI is InChI=1S/C14H22N2O2.ClH/c1-11(2)18-13-7-4-3-6-12(13)10-16-14(17)8-5-9-15;/h3-4,6-7,11H,5,8-10,15H2,1-2H3,(H,16,17);1H. The lowest BCUT2D eigenvalue weighted by molar-refractivity contribution is -0.121. The van der Waals surface area contributed by atoms with Crippen molar-refractivity contribution in [1.82, 2.24) is 5.32 Å². The van der Waals surface area contributed by atoms with Gasteiger partial charge in [-0.15, -0.1) is 12.4 Å². The van der Waals surface area contributed by atoms with E-state index in [1.807, 2.05) is 38.1 Å². The summed E-state index contributed by atoms with van der Waals surface area (Å²) in [7, 11) is 0. The second-order valence-corrected chi connectivity index (χ2v) is 4.44. The van der Waals surface area contributed by atoms with Gasteiger partial charge < -0.3 is 15.8 Å². The number of para-hydroxylation sites is 1. The van der Waals surface area contributed by atoms with Crippen molar-refractivity contribution in [2.45, 2.75) is 39.3 Å². The summed E-state index contributed by atoms with van der Waals surface area (Å²) in [5, 5.41) is 2.87. The maximum absolute atomic E-state index is 11.5. The van der Waals surface area contributed by atoms with E-state index in [0.29, 0.717) is 19.5 Å². The Hall–Kier alpha value is -1.26. The number of nitrogens with two attached hydrogens (primary N) is 1. The Morgan fingerprint density at radius 3 is 2.68 bits per heavy atom. The van der Waals surface area contributed by atoms with Crippen LogP contribution in [0.5, 0.6) is 5.75 Å². The van der Waals surface area contributed by atoms with Gasteiger partial charge in [-0.05, 0) is 32.9 Å². The number of nitrogens with one attached hydrogen (secondary N) is 1. The molecule has 3 N–H and O–H groups in total. The van der Waals surface area contributed by atoms with E-state index < -0.39 is 0 Å². The van der Waals surface area contributed by atoms with E-state index in [0.717, 1.165) is 17.7 Å². The van der Waals surface area contributed by atoms with E-state index in [-0.39, 0.29) is 24.4 Å². The summed E-state index contributed by atoms with van der Waals surface area (Å²) >= 11 is 0. The van der Waals surface area contributed by atoms with Crippen LogP contribution in [0.1, 0.15) is 32.3 Å². The molecule has 0 aliphatic rings. The molecule has 0 bridgehead atoms. The minimum atomic E-state index is 0. The maximum atomic E-state index is 11.5. The van der Waals surface area contributed by atoms with Gasteiger partial charge in [0.05, 0.1) is 6.10 Å². The first-order valence-corrected chi connectivity index (χ1v) is 6.34. The van der Waals surface area contributed by atoms with Crippen LogP contribution in [0.15, 0.2) is 24.3 Å². The second kappa shape index (κ2) is 9.64. The highest BCUT2D eigenvalue weighted by Crippen LogP contribution is 2.19. The van der Waals surface area contributed by atoms with Gasteiger partial charge in [-0.1, -0.05) is 18.2 Å². The van der Waals surface area contributed by atoms with E-state index >= 15 is 0 Å². The molecular weight excluding hydrogens is 264 g/mol. The van der Waals surface area contributed by atoms with Gasteiger partial charge in [-0.25, -0.2) is 0 Å². The highest BCUT2D eigenvalue weighted by atomic mass is 35.5. The van der Waals surface area contributed by atoms with Gasteiger partial charge in [0.1, 0.15) is 5.75 Å². The van der Waals surface area contributed by atoms with E-state index in [2.05, 4.69) is 5.32 Å². The van der Waals surface area contributed by atoms with Crippen molar-refractivity contribution >= 4 is 18.3 Å². The van der Waals surface area contributed by atoms with Gasteiger partial charge in [0.15, 0.2) is 0 Å². The first-order valence-electron chi connectivity index (χ1n) is 6.34. The average molecular weight is 287 g/mol. The summed E-state index contributed by atoms with van der Waals surface area (Å²) in [6, 6.07) is 7.74. The van der Waals surface area contributed by atoms with Gasteiger partial charge in [-0.3, -0.25) is 4.79 Å². The van der Waals surface area contributed by atoms with Crippen LogP contribution in [0.3, 0.4) is 0 Å². The molecule has 0 radical (unpaired) electrons. The number of ether oxygens (including phenoxy) is 1. The van der Waals surface area contributed by atoms with Crippen LogP contribution in [0, 0.1) is 0 Å². The van der Waals surface area contributed by atoms with Crippen molar-refractivity contribution in [2.24, 2.45) is 5.73 Å². The Bertz CT molecular complexity index is 383. The zero-order valence-corrected chi connectivity index (χ0v) is 12.3. The van der Waals surface area contributed by atoms with Gasteiger partial charge in [0.2, 0.25) is 5.91 Å².